The van der Waals surface area contributed by atoms with Crippen molar-refractivity contribution in [3.63, 3.8) is 0 Å². The van der Waals surface area contributed by atoms with Gasteiger partial charge in [0, 0.05) is 13.1 Å². The molecule has 0 spiro atoms. The van der Waals surface area contributed by atoms with E-state index in [4.69, 9.17) is 5.11 Å². The van der Waals surface area contributed by atoms with Crippen LogP contribution in [0.5, 0.6) is 0 Å². The molecule has 1 rings (SSSR count). The van der Waals surface area contributed by atoms with Crippen LogP contribution in [0.3, 0.4) is 0 Å². The Morgan fingerprint density at radius 2 is 2.00 bits per heavy atom. The first-order chi connectivity index (χ1) is 7.41. The second-order valence-electron chi connectivity index (χ2n) is 5.06. The lowest BCUT2D eigenvalue weighted by Crippen LogP contribution is -2.42. The largest absolute Gasteiger partial charge is 0.480 e. The summed E-state index contributed by atoms with van der Waals surface area (Å²) in [6, 6.07) is -0.264. The number of carboxylic acids is 1. The first-order valence-electron chi connectivity index (χ1n) is 5.65. The molecule has 92 valence electrons. The van der Waals surface area contributed by atoms with E-state index in [1.54, 1.807) is 4.90 Å². The van der Waals surface area contributed by atoms with E-state index in [1.165, 1.54) is 0 Å². The molecule has 0 radical (unpaired) electrons. The van der Waals surface area contributed by atoms with Crippen molar-refractivity contribution in [1.29, 1.82) is 0 Å². The van der Waals surface area contributed by atoms with Crippen LogP contribution in [0.15, 0.2) is 0 Å². The summed E-state index contributed by atoms with van der Waals surface area (Å²) in [4.78, 5) is 23.6. The van der Waals surface area contributed by atoms with Crippen LogP contribution in [0.1, 0.15) is 33.1 Å². The van der Waals surface area contributed by atoms with E-state index in [1.807, 2.05) is 0 Å². The molecule has 16 heavy (non-hydrogen) atoms. The van der Waals surface area contributed by atoms with Crippen LogP contribution < -0.4 is 5.32 Å². The summed E-state index contributed by atoms with van der Waals surface area (Å²) in [5.41, 5.74) is 0.280. The molecule has 0 aromatic carbocycles. The summed E-state index contributed by atoms with van der Waals surface area (Å²) in [5, 5.41) is 10.9. The Kier molecular flexibility index (Phi) is 4.15. The molecular weight excluding hydrogens is 208 g/mol. The minimum atomic E-state index is -1.01. The molecule has 0 saturated carbocycles. The van der Waals surface area contributed by atoms with E-state index in [0.717, 1.165) is 25.8 Å². The average molecular weight is 228 g/mol. The molecule has 0 bridgehead atoms. The highest BCUT2D eigenvalue weighted by atomic mass is 16.4. The molecule has 1 aliphatic rings. The first kappa shape index (κ1) is 12.8. The predicted octanol–water partition coefficient (Wildman–Crippen LogP) is 1.29. The van der Waals surface area contributed by atoms with E-state index in [2.05, 4.69) is 19.2 Å². The van der Waals surface area contributed by atoms with Crippen molar-refractivity contribution in [2.24, 2.45) is 5.41 Å². The molecule has 1 fully saturated rings. The van der Waals surface area contributed by atoms with Crippen molar-refractivity contribution in [2.45, 2.75) is 33.1 Å². The Bertz CT molecular complexity index is 276. The Morgan fingerprint density at radius 3 is 2.62 bits per heavy atom. The lowest BCUT2D eigenvalue weighted by atomic mass is 9.85. The molecule has 5 nitrogen and oxygen atoms in total. The van der Waals surface area contributed by atoms with Crippen LogP contribution in [0.2, 0.25) is 0 Å². The predicted molar refractivity (Wildman–Crippen MR) is 60.2 cm³/mol. The van der Waals surface area contributed by atoms with Gasteiger partial charge in [0.2, 0.25) is 0 Å². The van der Waals surface area contributed by atoms with Crippen molar-refractivity contribution in [2.75, 3.05) is 19.6 Å². The van der Waals surface area contributed by atoms with Gasteiger partial charge in [-0.3, -0.25) is 4.79 Å². The van der Waals surface area contributed by atoms with Gasteiger partial charge in [-0.15, -0.1) is 0 Å². The van der Waals surface area contributed by atoms with Gasteiger partial charge in [-0.1, -0.05) is 13.8 Å². The van der Waals surface area contributed by atoms with Crippen LogP contribution in [0.4, 0.5) is 4.79 Å². The van der Waals surface area contributed by atoms with Gasteiger partial charge in [0.15, 0.2) is 0 Å². The van der Waals surface area contributed by atoms with E-state index in [0.29, 0.717) is 6.54 Å². The Labute approximate surface area is 95.8 Å². The number of hydrogen-bond donors (Lipinski definition) is 2. The Morgan fingerprint density at radius 1 is 1.31 bits per heavy atom. The molecule has 0 aromatic heterocycles. The number of amides is 2. The van der Waals surface area contributed by atoms with E-state index < -0.39 is 5.97 Å². The third-order valence-corrected chi connectivity index (χ3v) is 3.02. The molecule has 1 saturated heterocycles. The second-order valence-corrected chi connectivity index (χ2v) is 5.06. The Balaban J connectivity index is 2.42. The second kappa shape index (κ2) is 5.18. The Hall–Kier alpha value is -1.26. The average Bonchev–Trinajstić information content (AvgIpc) is 2.35. The molecule has 1 heterocycles. The van der Waals surface area contributed by atoms with Crippen LogP contribution in [0, 0.1) is 5.41 Å². The number of nitrogens with one attached hydrogen (secondary N) is 1. The number of nitrogens with zero attached hydrogens (tertiary/aromatic N) is 1. The van der Waals surface area contributed by atoms with Crippen molar-refractivity contribution in [3.05, 3.63) is 0 Å². The van der Waals surface area contributed by atoms with Gasteiger partial charge in [-0.25, -0.2) is 4.79 Å². The van der Waals surface area contributed by atoms with E-state index in [9.17, 15) is 9.59 Å². The number of carboxylic acid groups (broad SMARTS) is 1. The summed E-state index contributed by atoms with van der Waals surface area (Å²) < 4.78 is 0. The zero-order valence-electron chi connectivity index (χ0n) is 9.95. The summed E-state index contributed by atoms with van der Waals surface area (Å²) in [7, 11) is 0. The van der Waals surface area contributed by atoms with Crippen molar-refractivity contribution in [1.82, 2.24) is 10.2 Å². The number of aliphatic carboxylic acids is 1. The number of hydrogen-bond acceptors (Lipinski definition) is 2. The summed E-state index contributed by atoms with van der Waals surface area (Å²) >= 11 is 0. The van der Waals surface area contributed by atoms with Gasteiger partial charge >= 0.3 is 12.0 Å². The molecular formula is C11H20N2O3. The molecule has 0 atom stereocenters. The van der Waals surface area contributed by atoms with Gasteiger partial charge in [-0.05, 0) is 24.7 Å². The van der Waals surface area contributed by atoms with Crippen molar-refractivity contribution >= 4 is 12.0 Å². The summed E-state index contributed by atoms with van der Waals surface area (Å²) in [5.74, 6) is -1.01. The van der Waals surface area contributed by atoms with Crippen LogP contribution in [-0.2, 0) is 4.79 Å². The van der Waals surface area contributed by atoms with Crippen molar-refractivity contribution < 1.29 is 14.7 Å². The van der Waals surface area contributed by atoms with E-state index in [-0.39, 0.29) is 18.0 Å². The van der Waals surface area contributed by atoms with Gasteiger partial charge in [0.25, 0.3) is 0 Å². The monoisotopic (exact) mass is 228 g/mol. The molecule has 0 unspecified atom stereocenters. The third kappa shape index (κ3) is 4.08. The minimum absolute atomic E-state index is 0.264. The maximum atomic E-state index is 11.6. The van der Waals surface area contributed by atoms with Crippen molar-refractivity contribution in [3.8, 4) is 0 Å². The highest BCUT2D eigenvalue weighted by Crippen LogP contribution is 2.29. The SMILES string of the molecule is CC1(C)CCCN(C(=O)NCC(=O)O)CC1. The minimum Gasteiger partial charge on any atom is -0.480 e. The molecule has 2 N–H and O–H groups in total. The number of likely N-dealkylation sites (tertiary alicyclic amines) is 1. The number of carbonyl (C=O) groups is 2. The standard InChI is InChI=1S/C11H20N2O3/c1-11(2)4-3-6-13(7-5-11)10(16)12-8-9(14)15/h3-8H2,1-2H3,(H,12,16)(H,14,15). The third-order valence-electron chi connectivity index (χ3n) is 3.02. The first-order valence-corrected chi connectivity index (χ1v) is 5.65. The van der Waals surface area contributed by atoms with Gasteiger partial charge in [-0.2, -0.15) is 0 Å². The number of carbonyl (C=O) groups excluding carboxylic acids is 1. The fourth-order valence-corrected chi connectivity index (χ4v) is 1.89. The quantitative estimate of drug-likeness (QED) is 0.748. The van der Waals surface area contributed by atoms with Crippen LogP contribution >= 0.6 is 0 Å². The zero-order chi connectivity index (χ0) is 12.2. The summed E-state index contributed by atoms with van der Waals surface area (Å²) in [6.45, 7) is 5.52. The number of rotatable bonds is 2. The van der Waals surface area contributed by atoms with Crippen LogP contribution in [0.25, 0.3) is 0 Å². The summed E-state index contributed by atoms with van der Waals surface area (Å²) in [6.07, 6.45) is 3.05. The molecule has 1 aliphatic heterocycles. The zero-order valence-corrected chi connectivity index (χ0v) is 9.95. The highest BCUT2D eigenvalue weighted by molar-refractivity contribution is 5.79. The van der Waals surface area contributed by atoms with Crippen LogP contribution in [-0.4, -0.2) is 41.6 Å². The van der Waals surface area contributed by atoms with Gasteiger partial charge in [0.05, 0.1) is 0 Å². The molecule has 0 aliphatic carbocycles. The van der Waals surface area contributed by atoms with E-state index >= 15 is 0 Å². The topological polar surface area (TPSA) is 69.6 Å². The lowest BCUT2D eigenvalue weighted by molar-refractivity contribution is -0.135. The highest BCUT2D eigenvalue weighted by Gasteiger charge is 2.25. The lowest BCUT2D eigenvalue weighted by Gasteiger charge is -2.23. The molecule has 2 amide bonds. The molecule has 0 aromatic rings. The number of urea groups is 1. The maximum Gasteiger partial charge on any atom is 0.323 e. The maximum absolute atomic E-state index is 11.6. The smallest absolute Gasteiger partial charge is 0.323 e. The fourth-order valence-electron chi connectivity index (χ4n) is 1.89. The fraction of sp³-hybridized carbons (Fsp3) is 0.818. The normalized spacial score (nSPS) is 20.0. The molecule has 5 heteroatoms. The van der Waals surface area contributed by atoms with Gasteiger partial charge < -0.3 is 15.3 Å². The van der Waals surface area contributed by atoms with Gasteiger partial charge in [0.1, 0.15) is 6.54 Å².